The standard InChI is InChI=1S/C20H23NO2/c22-14-6-4-2-1-3-5-13-21-19-16-11-7-9-15-10-8-12-17(18(15)16)20(19)23/h7-12,22H,1-6,13-14H2/b21-19-. The van der Waals surface area contributed by atoms with Crippen molar-refractivity contribution in [2.45, 2.75) is 38.5 Å². The van der Waals surface area contributed by atoms with Gasteiger partial charge in [0.1, 0.15) is 5.71 Å². The Labute approximate surface area is 137 Å². The third-order valence-corrected chi connectivity index (χ3v) is 4.46. The van der Waals surface area contributed by atoms with Crippen molar-refractivity contribution in [3.63, 3.8) is 0 Å². The zero-order valence-corrected chi connectivity index (χ0v) is 13.4. The van der Waals surface area contributed by atoms with Crippen molar-refractivity contribution in [3.05, 3.63) is 47.5 Å². The van der Waals surface area contributed by atoms with E-state index in [1.807, 2.05) is 36.4 Å². The Balaban J connectivity index is 1.62. The molecule has 0 aliphatic heterocycles. The van der Waals surface area contributed by atoms with Gasteiger partial charge in [0.15, 0.2) is 0 Å². The maximum absolute atomic E-state index is 12.6. The van der Waals surface area contributed by atoms with Gasteiger partial charge in [-0.15, -0.1) is 0 Å². The zero-order chi connectivity index (χ0) is 16.1. The van der Waals surface area contributed by atoms with Crippen LogP contribution in [-0.4, -0.2) is 29.8 Å². The Hall–Kier alpha value is -2.00. The van der Waals surface area contributed by atoms with Crippen LogP contribution in [0, 0.1) is 0 Å². The summed E-state index contributed by atoms with van der Waals surface area (Å²) in [5.74, 6) is 0.0692. The molecule has 0 unspecified atom stereocenters. The van der Waals surface area contributed by atoms with Gasteiger partial charge in [0.25, 0.3) is 0 Å². The monoisotopic (exact) mass is 309 g/mol. The van der Waals surface area contributed by atoms with E-state index in [1.54, 1.807) is 0 Å². The minimum Gasteiger partial charge on any atom is -0.396 e. The number of carbonyl (C=O) groups excluding carboxylic acids is 1. The number of aliphatic imine (C=N–C) groups is 1. The molecule has 3 rings (SSSR count). The van der Waals surface area contributed by atoms with E-state index in [0.717, 1.165) is 47.6 Å². The summed E-state index contributed by atoms with van der Waals surface area (Å²) in [6.07, 6.45) is 6.49. The SMILES string of the molecule is O=C1/C(=N\CCCCCCCCO)c2cccc3cccc1c23. The van der Waals surface area contributed by atoms with Crippen LogP contribution in [0.15, 0.2) is 41.4 Å². The van der Waals surface area contributed by atoms with Gasteiger partial charge in [-0.2, -0.15) is 0 Å². The number of benzene rings is 2. The molecule has 0 saturated carbocycles. The van der Waals surface area contributed by atoms with E-state index >= 15 is 0 Å². The number of nitrogens with zero attached hydrogens (tertiary/aromatic N) is 1. The van der Waals surface area contributed by atoms with Crippen molar-refractivity contribution in [2.24, 2.45) is 4.99 Å². The highest BCUT2D eigenvalue weighted by Crippen LogP contribution is 2.31. The summed E-state index contributed by atoms with van der Waals surface area (Å²) in [7, 11) is 0. The molecular weight excluding hydrogens is 286 g/mol. The van der Waals surface area contributed by atoms with E-state index < -0.39 is 0 Å². The van der Waals surface area contributed by atoms with Crippen LogP contribution in [0.4, 0.5) is 0 Å². The van der Waals surface area contributed by atoms with E-state index in [-0.39, 0.29) is 5.78 Å². The van der Waals surface area contributed by atoms with Gasteiger partial charge in [0.05, 0.1) is 0 Å². The second-order valence-corrected chi connectivity index (χ2v) is 6.11. The number of rotatable bonds is 8. The Morgan fingerprint density at radius 2 is 1.48 bits per heavy atom. The largest absolute Gasteiger partial charge is 0.396 e. The molecule has 0 amide bonds. The maximum atomic E-state index is 12.6. The van der Waals surface area contributed by atoms with Crippen LogP contribution in [0.2, 0.25) is 0 Å². The highest BCUT2D eigenvalue weighted by Gasteiger charge is 2.27. The molecule has 1 aliphatic carbocycles. The second kappa shape index (κ2) is 7.51. The second-order valence-electron chi connectivity index (χ2n) is 6.11. The summed E-state index contributed by atoms with van der Waals surface area (Å²) in [5, 5.41) is 10.9. The highest BCUT2D eigenvalue weighted by atomic mass is 16.2. The summed E-state index contributed by atoms with van der Waals surface area (Å²) in [6.45, 7) is 1.01. The van der Waals surface area contributed by atoms with Gasteiger partial charge < -0.3 is 5.11 Å². The number of hydrogen-bond donors (Lipinski definition) is 1. The lowest BCUT2D eigenvalue weighted by Gasteiger charge is -2.01. The average molecular weight is 309 g/mol. The van der Waals surface area contributed by atoms with Crippen molar-refractivity contribution >= 4 is 22.3 Å². The molecule has 0 spiro atoms. The van der Waals surface area contributed by atoms with Gasteiger partial charge in [0, 0.05) is 29.7 Å². The summed E-state index contributed by atoms with van der Waals surface area (Å²) in [6, 6.07) is 11.9. The smallest absolute Gasteiger partial charge is 0.212 e. The van der Waals surface area contributed by atoms with Crippen molar-refractivity contribution in [3.8, 4) is 0 Å². The third-order valence-electron chi connectivity index (χ3n) is 4.46. The van der Waals surface area contributed by atoms with Gasteiger partial charge in [-0.3, -0.25) is 9.79 Å². The van der Waals surface area contributed by atoms with Gasteiger partial charge in [-0.1, -0.05) is 62.1 Å². The van der Waals surface area contributed by atoms with E-state index in [4.69, 9.17) is 5.11 Å². The molecule has 120 valence electrons. The number of Topliss-reactive ketones (excluding diaryl/α,β-unsaturated/α-hetero) is 1. The number of aliphatic hydroxyl groups excluding tert-OH is 1. The lowest BCUT2D eigenvalue weighted by Crippen LogP contribution is -2.09. The quantitative estimate of drug-likeness (QED) is 0.744. The number of carbonyl (C=O) groups is 1. The third kappa shape index (κ3) is 3.35. The zero-order valence-electron chi connectivity index (χ0n) is 13.4. The minimum absolute atomic E-state index is 0.0692. The predicted molar refractivity (Wildman–Crippen MR) is 94.5 cm³/mol. The lowest BCUT2D eigenvalue weighted by atomic mass is 10.1. The summed E-state index contributed by atoms with van der Waals surface area (Å²) >= 11 is 0. The van der Waals surface area contributed by atoms with Crippen LogP contribution in [0.5, 0.6) is 0 Å². The molecular formula is C20H23NO2. The first-order valence-corrected chi connectivity index (χ1v) is 8.55. The van der Waals surface area contributed by atoms with Crippen molar-refractivity contribution in [1.82, 2.24) is 0 Å². The number of unbranched alkanes of at least 4 members (excludes halogenated alkanes) is 5. The van der Waals surface area contributed by atoms with Crippen LogP contribution >= 0.6 is 0 Å². The predicted octanol–water partition coefficient (Wildman–Crippen LogP) is 4.16. The molecule has 1 aliphatic rings. The normalized spacial score (nSPS) is 15.0. The molecule has 2 aromatic carbocycles. The molecule has 0 fully saturated rings. The molecule has 0 heterocycles. The first-order chi connectivity index (χ1) is 11.3. The fourth-order valence-corrected chi connectivity index (χ4v) is 3.26. The van der Waals surface area contributed by atoms with Crippen molar-refractivity contribution in [1.29, 1.82) is 0 Å². The molecule has 0 bridgehead atoms. The van der Waals surface area contributed by atoms with Gasteiger partial charge in [-0.25, -0.2) is 0 Å². The number of ketones is 1. The summed E-state index contributed by atoms with van der Waals surface area (Å²) < 4.78 is 0. The fraction of sp³-hybridized carbons (Fsp3) is 0.400. The minimum atomic E-state index is 0.0692. The summed E-state index contributed by atoms with van der Waals surface area (Å²) in [4.78, 5) is 17.2. The molecule has 0 atom stereocenters. The van der Waals surface area contributed by atoms with Gasteiger partial charge >= 0.3 is 0 Å². The first kappa shape index (κ1) is 15.9. The molecule has 0 radical (unpaired) electrons. The van der Waals surface area contributed by atoms with Gasteiger partial charge in [0.2, 0.25) is 5.78 Å². The van der Waals surface area contributed by atoms with E-state index in [9.17, 15) is 4.79 Å². The Bertz CT molecular complexity index is 728. The number of aliphatic hydroxyl groups is 1. The van der Waals surface area contributed by atoms with Crippen LogP contribution in [0.25, 0.3) is 10.8 Å². The molecule has 2 aromatic rings. The van der Waals surface area contributed by atoms with Crippen molar-refractivity contribution in [2.75, 3.05) is 13.2 Å². The first-order valence-electron chi connectivity index (χ1n) is 8.55. The maximum Gasteiger partial charge on any atom is 0.212 e. The van der Waals surface area contributed by atoms with Gasteiger partial charge in [-0.05, 0) is 18.2 Å². The highest BCUT2D eigenvalue weighted by molar-refractivity contribution is 6.59. The fourth-order valence-electron chi connectivity index (χ4n) is 3.26. The topological polar surface area (TPSA) is 49.7 Å². The van der Waals surface area contributed by atoms with Crippen LogP contribution in [0.3, 0.4) is 0 Å². The molecule has 3 heteroatoms. The molecule has 23 heavy (non-hydrogen) atoms. The van der Waals surface area contributed by atoms with E-state index in [0.29, 0.717) is 18.9 Å². The van der Waals surface area contributed by atoms with Crippen LogP contribution in [-0.2, 0) is 0 Å². The van der Waals surface area contributed by atoms with Crippen LogP contribution in [0.1, 0.15) is 54.4 Å². The Morgan fingerprint density at radius 1 is 0.826 bits per heavy atom. The van der Waals surface area contributed by atoms with Crippen LogP contribution < -0.4 is 0 Å². The number of hydrogen-bond acceptors (Lipinski definition) is 3. The molecule has 1 N–H and O–H groups in total. The Morgan fingerprint density at radius 3 is 2.22 bits per heavy atom. The average Bonchev–Trinajstić information content (AvgIpc) is 2.85. The van der Waals surface area contributed by atoms with E-state index in [2.05, 4.69) is 4.99 Å². The lowest BCUT2D eigenvalue weighted by molar-refractivity contribution is 0.107. The molecule has 0 aromatic heterocycles. The summed E-state index contributed by atoms with van der Waals surface area (Å²) in [5.41, 5.74) is 2.42. The van der Waals surface area contributed by atoms with Crippen molar-refractivity contribution < 1.29 is 9.90 Å². The molecule has 3 nitrogen and oxygen atoms in total. The molecule has 0 saturated heterocycles. The van der Waals surface area contributed by atoms with E-state index in [1.165, 1.54) is 12.8 Å². The Kier molecular flexibility index (Phi) is 5.19.